The molecule has 1 aromatic rings. The lowest BCUT2D eigenvalue weighted by Crippen LogP contribution is -2.06. The highest BCUT2D eigenvalue weighted by Crippen LogP contribution is 2.20. The maximum Gasteiger partial charge on any atom is 0.337 e. The van der Waals surface area contributed by atoms with E-state index >= 15 is 0 Å². The number of anilines is 1. The van der Waals surface area contributed by atoms with E-state index in [1.807, 2.05) is 26.0 Å². The summed E-state index contributed by atoms with van der Waals surface area (Å²) in [6, 6.07) is 5.16. The Morgan fingerprint density at radius 2 is 2.19 bits per heavy atom. The largest absolute Gasteiger partial charge is 0.478 e. The van der Waals surface area contributed by atoms with Crippen molar-refractivity contribution in [2.75, 3.05) is 11.9 Å². The summed E-state index contributed by atoms with van der Waals surface area (Å²) in [7, 11) is 0. The van der Waals surface area contributed by atoms with Gasteiger partial charge in [0.1, 0.15) is 0 Å². The van der Waals surface area contributed by atoms with Crippen LogP contribution >= 0.6 is 15.9 Å². The summed E-state index contributed by atoms with van der Waals surface area (Å²) < 4.78 is 0.762. The maximum absolute atomic E-state index is 11.0. The molecular weight excluding hydrogens is 270 g/mol. The van der Waals surface area contributed by atoms with Crippen molar-refractivity contribution in [2.45, 2.75) is 13.8 Å². The molecule has 0 aromatic heterocycles. The van der Waals surface area contributed by atoms with Crippen LogP contribution in [0.1, 0.15) is 24.2 Å². The molecule has 0 saturated carbocycles. The van der Waals surface area contributed by atoms with Gasteiger partial charge < -0.3 is 10.4 Å². The molecule has 4 heteroatoms. The molecule has 0 amide bonds. The number of rotatable bonds is 4. The number of benzene rings is 1. The monoisotopic (exact) mass is 283 g/mol. The molecule has 0 fully saturated rings. The molecule has 0 saturated heterocycles. The molecule has 0 radical (unpaired) electrons. The molecule has 0 aliphatic heterocycles. The van der Waals surface area contributed by atoms with Crippen molar-refractivity contribution in [3.63, 3.8) is 0 Å². The molecule has 16 heavy (non-hydrogen) atoms. The average Bonchev–Trinajstić information content (AvgIpc) is 2.19. The molecule has 3 nitrogen and oxygen atoms in total. The zero-order valence-corrected chi connectivity index (χ0v) is 10.8. The van der Waals surface area contributed by atoms with Crippen LogP contribution in [0.15, 0.2) is 34.3 Å². The number of aromatic carboxylic acids is 1. The van der Waals surface area contributed by atoms with Crippen LogP contribution in [-0.2, 0) is 0 Å². The Labute approximate surface area is 103 Å². The van der Waals surface area contributed by atoms with Gasteiger partial charge in [0.05, 0.1) is 5.56 Å². The van der Waals surface area contributed by atoms with E-state index in [4.69, 9.17) is 5.11 Å². The highest BCUT2D eigenvalue weighted by Gasteiger charge is 2.09. The molecule has 0 aliphatic rings. The van der Waals surface area contributed by atoms with Crippen molar-refractivity contribution in [1.82, 2.24) is 0 Å². The SMILES string of the molecule is CC(C)=CCNc1ccc(Br)cc1C(=O)O. The first-order chi connectivity index (χ1) is 7.50. The predicted molar refractivity (Wildman–Crippen MR) is 69.0 cm³/mol. The fourth-order valence-electron chi connectivity index (χ4n) is 1.21. The Morgan fingerprint density at radius 3 is 2.75 bits per heavy atom. The van der Waals surface area contributed by atoms with E-state index in [-0.39, 0.29) is 5.56 Å². The molecule has 0 aliphatic carbocycles. The van der Waals surface area contributed by atoms with Crippen molar-refractivity contribution < 1.29 is 9.90 Å². The van der Waals surface area contributed by atoms with Crippen LogP contribution in [-0.4, -0.2) is 17.6 Å². The molecule has 0 atom stereocenters. The van der Waals surface area contributed by atoms with Crippen LogP contribution < -0.4 is 5.32 Å². The first kappa shape index (κ1) is 12.8. The number of nitrogens with one attached hydrogen (secondary N) is 1. The van der Waals surface area contributed by atoms with Gasteiger partial charge >= 0.3 is 5.97 Å². The minimum absolute atomic E-state index is 0.275. The van der Waals surface area contributed by atoms with Crippen LogP contribution in [0.2, 0.25) is 0 Å². The normalized spacial score (nSPS) is 9.69. The van der Waals surface area contributed by atoms with Crippen molar-refractivity contribution in [1.29, 1.82) is 0 Å². The van der Waals surface area contributed by atoms with Gasteiger partial charge in [0.25, 0.3) is 0 Å². The van der Waals surface area contributed by atoms with Crippen molar-refractivity contribution in [3.8, 4) is 0 Å². The molecule has 0 unspecified atom stereocenters. The minimum atomic E-state index is -0.930. The van der Waals surface area contributed by atoms with Gasteiger partial charge in [-0.15, -0.1) is 0 Å². The summed E-state index contributed by atoms with van der Waals surface area (Å²) >= 11 is 3.25. The standard InChI is InChI=1S/C12H14BrNO2/c1-8(2)5-6-14-11-4-3-9(13)7-10(11)12(15)16/h3-5,7,14H,6H2,1-2H3,(H,15,16). The first-order valence-corrected chi connectivity index (χ1v) is 5.70. The van der Waals surface area contributed by atoms with E-state index in [0.29, 0.717) is 12.2 Å². The summed E-state index contributed by atoms with van der Waals surface area (Å²) in [6.07, 6.45) is 2.01. The van der Waals surface area contributed by atoms with Crippen LogP contribution in [0.4, 0.5) is 5.69 Å². The number of allylic oxidation sites excluding steroid dienone is 1. The summed E-state index contributed by atoms with van der Waals surface area (Å²) in [5, 5.41) is 12.1. The average molecular weight is 284 g/mol. The first-order valence-electron chi connectivity index (χ1n) is 4.91. The van der Waals surface area contributed by atoms with Crippen LogP contribution in [0.25, 0.3) is 0 Å². The van der Waals surface area contributed by atoms with Gasteiger partial charge in [0.2, 0.25) is 0 Å². The van der Waals surface area contributed by atoms with Crippen molar-refractivity contribution in [2.24, 2.45) is 0 Å². The van der Waals surface area contributed by atoms with E-state index in [9.17, 15) is 4.79 Å². The topological polar surface area (TPSA) is 49.3 Å². The maximum atomic E-state index is 11.0. The highest BCUT2D eigenvalue weighted by atomic mass is 79.9. The molecule has 0 bridgehead atoms. The van der Waals surface area contributed by atoms with E-state index in [1.54, 1.807) is 12.1 Å². The summed E-state index contributed by atoms with van der Waals surface area (Å²) in [5.74, 6) is -0.930. The second kappa shape index (κ2) is 5.70. The highest BCUT2D eigenvalue weighted by molar-refractivity contribution is 9.10. The Kier molecular flexibility index (Phi) is 4.55. The van der Waals surface area contributed by atoms with E-state index < -0.39 is 5.97 Å². The van der Waals surface area contributed by atoms with Crippen LogP contribution in [0.3, 0.4) is 0 Å². The molecule has 0 heterocycles. The number of hydrogen-bond acceptors (Lipinski definition) is 2. The molecule has 0 spiro atoms. The third kappa shape index (κ3) is 3.70. The molecule has 86 valence electrons. The number of carboxylic acid groups (broad SMARTS) is 1. The summed E-state index contributed by atoms with van der Waals surface area (Å²) in [5.41, 5.74) is 2.10. The Balaban J connectivity index is 2.87. The number of hydrogen-bond donors (Lipinski definition) is 2. The number of halogens is 1. The predicted octanol–water partition coefficient (Wildman–Crippen LogP) is 3.53. The van der Waals surface area contributed by atoms with Gasteiger partial charge in [-0.3, -0.25) is 0 Å². The van der Waals surface area contributed by atoms with E-state index in [2.05, 4.69) is 21.2 Å². The fourth-order valence-corrected chi connectivity index (χ4v) is 1.57. The van der Waals surface area contributed by atoms with Gasteiger partial charge in [0.15, 0.2) is 0 Å². The van der Waals surface area contributed by atoms with E-state index in [1.165, 1.54) is 5.57 Å². The minimum Gasteiger partial charge on any atom is -0.478 e. The molecule has 1 rings (SSSR count). The van der Waals surface area contributed by atoms with E-state index in [0.717, 1.165) is 4.47 Å². The van der Waals surface area contributed by atoms with Gasteiger partial charge in [-0.25, -0.2) is 4.79 Å². The smallest absolute Gasteiger partial charge is 0.337 e. The Hall–Kier alpha value is -1.29. The lowest BCUT2D eigenvalue weighted by Gasteiger charge is -2.08. The van der Waals surface area contributed by atoms with Gasteiger partial charge in [0, 0.05) is 16.7 Å². The molecule has 2 N–H and O–H groups in total. The quantitative estimate of drug-likeness (QED) is 0.832. The molecular formula is C12H14BrNO2. The van der Waals surface area contributed by atoms with Gasteiger partial charge in [-0.05, 0) is 32.0 Å². The third-order valence-corrected chi connectivity index (χ3v) is 2.51. The number of carbonyl (C=O) groups is 1. The van der Waals surface area contributed by atoms with Crippen molar-refractivity contribution >= 4 is 27.6 Å². The van der Waals surface area contributed by atoms with Crippen LogP contribution in [0.5, 0.6) is 0 Å². The second-order valence-electron chi connectivity index (χ2n) is 3.66. The zero-order valence-electron chi connectivity index (χ0n) is 9.25. The molecule has 1 aromatic carbocycles. The Morgan fingerprint density at radius 1 is 1.50 bits per heavy atom. The van der Waals surface area contributed by atoms with Crippen LogP contribution in [0, 0.1) is 0 Å². The van der Waals surface area contributed by atoms with Crippen molar-refractivity contribution in [3.05, 3.63) is 39.9 Å². The lowest BCUT2D eigenvalue weighted by molar-refractivity contribution is 0.0698. The van der Waals surface area contributed by atoms with Gasteiger partial charge in [-0.2, -0.15) is 0 Å². The fraction of sp³-hybridized carbons (Fsp3) is 0.250. The summed E-state index contributed by atoms with van der Waals surface area (Å²) in [4.78, 5) is 11.0. The third-order valence-electron chi connectivity index (χ3n) is 2.01. The summed E-state index contributed by atoms with van der Waals surface area (Å²) in [6.45, 7) is 4.63. The van der Waals surface area contributed by atoms with Gasteiger partial charge in [-0.1, -0.05) is 27.6 Å². The number of carboxylic acids is 1. The second-order valence-corrected chi connectivity index (χ2v) is 4.57. The Bertz CT molecular complexity index is 423. The lowest BCUT2D eigenvalue weighted by atomic mass is 10.2. The zero-order chi connectivity index (χ0) is 12.1.